The van der Waals surface area contributed by atoms with Crippen molar-refractivity contribution in [1.29, 1.82) is 0 Å². The number of hydrogen-bond donors (Lipinski definition) is 2. The van der Waals surface area contributed by atoms with Crippen LogP contribution in [0.4, 0.5) is 4.39 Å². The van der Waals surface area contributed by atoms with Crippen LogP contribution in [0.1, 0.15) is 43.5 Å². The van der Waals surface area contributed by atoms with E-state index in [0.717, 1.165) is 6.07 Å². The molecule has 164 valence electrons. The van der Waals surface area contributed by atoms with E-state index in [1.54, 1.807) is 4.90 Å². The van der Waals surface area contributed by atoms with E-state index < -0.39 is 5.82 Å². The molecule has 2 heterocycles. The standard InChI is InChI=1S/C21H28ClFN4O3/c1-3-26(4-2)19(28)8-6-15-11-24-21(30)18-10-14(12-27(15)18)25-20(29)13-5-7-17(23)16(22)9-13/h5,7,9,14-15,18H,3-4,6,8,10-12H2,1-2H3,(H,24,30)(H,25,29)/t14-,15+,18-/m0/s1. The lowest BCUT2D eigenvalue weighted by atomic mass is 10.0. The van der Waals surface area contributed by atoms with Crippen molar-refractivity contribution in [3.63, 3.8) is 0 Å². The average molecular weight is 439 g/mol. The third-order valence-corrected chi connectivity index (χ3v) is 6.24. The largest absolute Gasteiger partial charge is 0.353 e. The van der Waals surface area contributed by atoms with Crippen molar-refractivity contribution in [2.24, 2.45) is 0 Å². The smallest absolute Gasteiger partial charge is 0.251 e. The van der Waals surface area contributed by atoms with Crippen LogP contribution in [0.5, 0.6) is 0 Å². The number of rotatable bonds is 7. The molecular formula is C21H28ClFN4O3. The summed E-state index contributed by atoms with van der Waals surface area (Å²) < 4.78 is 13.3. The fraction of sp³-hybridized carbons (Fsp3) is 0.571. The third kappa shape index (κ3) is 4.92. The van der Waals surface area contributed by atoms with Crippen LogP contribution in [0.3, 0.4) is 0 Å². The number of halogens is 2. The Bertz CT molecular complexity index is 817. The molecule has 1 aromatic rings. The second-order valence-electron chi connectivity index (χ2n) is 7.75. The molecule has 9 heteroatoms. The molecule has 7 nitrogen and oxygen atoms in total. The summed E-state index contributed by atoms with van der Waals surface area (Å²) in [6.07, 6.45) is 1.57. The Balaban J connectivity index is 1.61. The van der Waals surface area contributed by atoms with Gasteiger partial charge in [-0.2, -0.15) is 0 Å². The fourth-order valence-electron chi connectivity index (χ4n) is 4.28. The van der Waals surface area contributed by atoms with Gasteiger partial charge in [0.25, 0.3) is 5.91 Å². The van der Waals surface area contributed by atoms with E-state index in [4.69, 9.17) is 11.6 Å². The van der Waals surface area contributed by atoms with Crippen molar-refractivity contribution in [3.8, 4) is 0 Å². The molecule has 0 unspecified atom stereocenters. The molecule has 2 N–H and O–H groups in total. The number of nitrogens with zero attached hydrogens (tertiary/aromatic N) is 2. The van der Waals surface area contributed by atoms with Crippen LogP contribution in [0.15, 0.2) is 18.2 Å². The molecule has 2 saturated heterocycles. The highest BCUT2D eigenvalue weighted by atomic mass is 35.5. The molecule has 3 rings (SSSR count). The molecule has 30 heavy (non-hydrogen) atoms. The molecule has 2 fully saturated rings. The summed E-state index contributed by atoms with van der Waals surface area (Å²) in [6, 6.07) is 3.35. The normalized spacial score (nSPS) is 23.6. The molecule has 0 spiro atoms. The second-order valence-corrected chi connectivity index (χ2v) is 8.16. The summed E-state index contributed by atoms with van der Waals surface area (Å²) in [5, 5.41) is 5.74. The summed E-state index contributed by atoms with van der Waals surface area (Å²) in [6.45, 7) is 6.31. The topological polar surface area (TPSA) is 81.8 Å². The molecular weight excluding hydrogens is 411 g/mol. The molecule has 0 bridgehead atoms. The van der Waals surface area contributed by atoms with Crippen molar-refractivity contribution in [2.45, 2.75) is 51.2 Å². The van der Waals surface area contributed by atoms with Crippen LogP contribution in [0, 0.1) is 5.82 Å². The van der Waals surface area contributed by atoms with Gasteiger partial charge in [0.05, 0.1) is 11.1 Å². The van der Waals surface area contributed by atoms with E-state index in [1.807, 2.05) is 13.8 Å². The van der Waals surface area contributed by atoms with Gasteiger partial charge in [-0.1, -0.05) is 11.6 Å². The first-order chi connectivity index (χ1) is 14.3. The van der Waals surface area contributed by atoms with Gasteiger partial charge >= 0.3 is 0 Å². The number of hydrogen-bond acceptors (Lipinski definition) is 4. The highest BCUT2D eigenvalue weighted by Crippen LogP contribution is 2.26. The summed E-state index contributed by atoms with van der Waals surface area (Å²) >= 11 is 5.77. The van der Waals surface area contributed by atoms with Crippen molar-refractivity contribution >= 4 is 29.3 Å². The van der Waals surface area contributed by atoms with Gasteiger partial charge in [0.1, 0.15) is 5.82 Å². The number of benzene rings is 1. The van der Waals surface area contributed by atoms with Crippen LogP contribution >= 0.6 is 11.6 Å². The number of nitrogens with one attached hydrogen (secondary N) is 2. The highest BCUT2D eigenvalue weighted by molar-refractivity contribution is 6.31. The van der Waals surface area contributed by atoms with Crippen molar-refractivity contribution in [3.05, 3.63) is 34.6 Å². The zero-order valence-corrected chi connectivity index (χ0v) is 18.0. The van der Waals surface area contributed by atoms with Gasteiger partial charge in [-0.15, -0.1) is 0 Å². The van der Waals surface area contributed by atoms with E-state index in [-0.39, 0.29) is 46.4 Å². The molecule has 3 atom stereocenters. The monoisotopic (exact) mass is 438 g/mol. The van der Waals surface area contributed by atoms with Gasteiger partial charge in [0, 0.05) is 50.2 Å². The van der Waals surface area contributed by atoms with E-state index in [2.05, 4.69) is 15.5 Å². The van der Waals surface area contributed by atoms with Crippen molar-refractivity contribution < 1.29 is 18.8 Å². The Kier molecular flexibility index (Phi) is 7.31. The average Bonchev–Trinajstić information content (AvgIpc) is 3.15. The van der Waals surface area contributed by atoms with Crippen LogP contribution in [-0.4, -0.2) is 71.8 Å². The first-order valence-corrected chi connectivity index (χ1v) is 10.8. The van der Waals surface area contributed by atoms with Gasteiger partial charge in [-0.25, -0.2) is 4.39 Å². The van der Waals surface area contributed by atoms with Crippen molar-refractivity contribution in [1.82, 2.24) is 20.4 Å². The van der Waals surface area contributed by atoms with Crippen molar-refractivity contribution in [2.75, 3.05) is 26.2 Å². The molecule has 2 aliphatic rings. The first-order valence-electron chi connectivity index (χ1n) is 10.4. The summed E-state index contributed by atoms with van der Waals surface area (Å²) in [4.78, 5) is 41.1. The molecule has 3 amide bonds. The molecule has 1 aromatic carbocycles. The quantitative estimate of drug-likeness (QED) is 0.680. The number of piperazine rings is 1. The Morgan fingerprint density at radius 3 is 2.73 bits per heavy atom. The van der Waals surface area contributed by atoms with Gasteiger partial charge in [0.15, 0.2) is 0 Å². The van der Waals surface area contributed by atoms with Gasteiger partial charge in [-0.3, -0.25) is 19.3 Å². The minimum atomic E-state index is -0.579. The SMILES string of the molecule is CCN(CC)C(=O)CC[C@@H]1CNC(=O)[C@@H]2C[C@H](NC(=O)c3ccc(F)c(Cl)c3)CN12. The van der Waals surface area contributed by atoms with Crippen LogP contribution < -0.4 is 10.6 Å². The number of carbonyl (C=O) groups excluding carboxylic acids is 3. The Morgan fingerprint density at radius 2 is 2.07 bits per heavy atom. The second kappa shape index (κ2) is 9.75. The maximum Gasteiger partial charge on any atom is 0.251 e. The zero-order chi connectivity index (χ0) is 21.8. The zero-order valence-electron chi connectivity index (χ0n) is 17.3. The maximum atomic E-state index is 13.3. The van der Waals surface area contributed by atoms with E-state index in [0.29, 0.717) is 45.4 Å². The van der Waals surface area contributed by atoms with Gasteiger partial charge in [0.2, 0.25) is 11.8 Å². The van der Waals surface area contributed by atoms with Crippen LogP contribution in [0.25, 0.3) is 0 Å². The summed E-state index contributed by atoms with van der Waals surface area (Å²) in [5.41, 5.74) is 0.275. The Labute approximate surface area is 180 Å². The molecule has 0 radical (unpaired) electrons. The minimum absolute atomic E-state index is 0.0504. The lowest BCUT2D eigenvalue weighted by Gasteiger charge is -2.37. The highest BCUT2D eigenvalue weighted by Gasteiger charge is 2.43. The summed E-state index contributed by atoms with van der Waals surface area (Å²) in [5.74, 6) is -0.867. The number of carbonyl (C=O) groups is 3. The van der Waals surface area contributed by atoms with E-state index in [9.17, 15) is 18.8 Å². The molecule has 0 saturated carbocycles. The Hall–Kier alpha value is -2.19. The summed E-state index contributed by atoms with van der Waals surface area (Å²) in [7, 11) is 0. The third-order valence-electron chi connectivity index (χ3n) is 5.95. The van der Waals surface area contributed by atoms with Crippen LogP contribution in [0.2, 0.25) is 5.02 Å². The van der Waals surface area contributed by atoms with Crippen LogP contribution in [-0.2, 0) is 9.59 Å². The maximum absolute atomic E-state index is 13.3. The first kappa shape index (κ1) is 22.5. The predicted molar refractivity (Wildman–Crippen MR) is 112 cm³/mol. The van der Waals surface area contributed by atoms with E-state index in [1.165, 1.54) is 12.1 Å². The number of amides is 3. The lowest BCUT2D eigenvalue weighted by Crippen LogP contribution is -2.58. The van der Waals surface area contributed by atoms with Gasteiger partial charge < -0.3 is 15.5 Å². The van der Waals surface area contributed by atoms with E-state index >= 15 is 0 Å². The predicted octanol–water partition coefficient (Wildman–Crippen LogP) is 1.80. The molecule has 2 aliphatic heterocycles. The number of fused-ring (bicyclic) bond motifs is 1. The lowest BCUT2D eigenvalue weighted by molar-refractivity contribution is -0.132. The minimum Gasteiger partial charge on any atom is -0.353 e. The van der Waals surface area contributed by atoms with Gasteiger partial charge in [-0.05, 0) is 44.9 Å². The molecule has 0 aromatic heterocycles. The molecule has 0 aliphatic carbocycles. The fourth-order valence-corrected chi connectivity index (χ4v) is 4.46. The Morgan fingerprint density at radius 1 is 1.33 bits per heavy atom.